The molecule has 0 aromatic heterocycles. The maximum Gasteiger partial charge on any atom is 0.335 e. The van der Waals surface area contributed by atoms with Crippen LogP contribution in [0.15, 0.2) is 18.2 Å². The summed E-state index contributed by atoms with van der Waals surface area (Å²) in [5.41, 5.74) is -0.573. The van der Waals surface area contributed by atoms with Gasteiger partial charge >= 0.3 is 11.7 Å². The number of ether oxygens (including phenoxy) is 1. The zero-order valence-corrected chi connectivity index (χ0v) is 10.7. The number of rotatable bonds is 4. The molecule has 20 heavy (non-hydrogen) atoms. The van der Waals surface area contributed by atoms with Crippen LogP contribution in [0.3, 0.4) is 0 Å². The Hall–Kier alpha value is -2.15. The van der Waals surface area contributed by atoms with Crippen LogP contribution in [0.1, 0.15) is 36.0 Å². The summed E-state index contributed by atoms with van der Waals surface area (Å²) >= 11 is 0. The van der Waals surface area contributed by atoms with E-state index < -0.39 is 28.8 Å². The fourth-order valence-electron chi connectivity index (χ4n) is 2.27. The fraction of sp³-hybridized carbons (Fsp3) is 0.462. The minimum Gasteiger partial charge on any atom is -0.481 e. The van der Waals surface area contributed by atoms with Crippen LogP contribution in [0.5, 0.6) is 5.75 Å². The molecule has 1 aromatic carbocycles. The molecule has 0 heterocycles. The molecule has 1 aliphatic carbocycles. The summed E-state index contributed by atoms with van der Waals surface area (Å²) in [6, 6.07) is 3.48. The van der Waals surface area contributed by atoms with E-state index >= 15 is 0 Å². The molecule has 0 bridgehead atoms. The topological polar surface area (TPSA) is 110 Å². The summed E-state index contributed by atoms with van der Waals surface area (Å²) in [6.07, 6.45) is 1.88. The van der Waals surface area contributed by atoms with Crippen molar-refractivity contribution < 1.29 is 24.7 Å². The number of carbonyl (C=O) groups is 1. The van der Waals surface area contributed by atoms with E-state index in [0.717, 1.165) is 18.9 Å². The predicted octanol–water partition coefficient (Wildman–Crippen LogP) is 1.98. The lowest BCUT2D eigenvalue weighted by Gasteiger charge is -2.27. The molecule has 108 valence electrons. The third-order valence-corrected chi connectivity index (χ3v) is 3.35. The highest BCUT2D eigenvalue weighted by molar-refractivity contribution is 5.88. The van der Waals surface area contributed by atoms with Gasteiger partial charge in [0.25, 0.3) is 0 Å². The molecule has 1 saturated carbocycles. The largest absolute Gasteiger partial charge is 0.481 e. The fourth-order valence-corrected chi connectivity index (χ4v) is 2.27. The van der Waals surface area contributed by atoms with Gasteiger partial charge in [0.15, 0.2) is 5.75 Å². The van der Waals surface area contributed by atoms with Crippen LogP contribution in [0.25, 0.3) is 0 Å². The Labute approximate surface area is 114 Å². The lowest BCUT2D eigenvalue weighted by molar-refractivity contribution is -0.386. The van der Waals surface area contributed by atoms with Crippen LogP contribution < -0.4 is 4.74 Å². The van der Waals surface area contributed by atoms with Gasteiger partial charge in [0.1, 0.15) is 6.10 Å². The van der Waals surface area contributed by atoms with Crippen molar-refractivity contribution in [1.82, 2.24) is 0 Å². The number of aliphatic hydroxyl groups is 1. The van der Waals surface area contributed by atoms with E-state index in [1.165, 1.54) is 12.1 Å². The average Bonchev–Trinajstić information content (AvgIpc) is 2.41. The van der Waals surface area contributed by atoms with Gasteiger partial charge in [0, 0.05) is 6.07 Å². The molecule has 0 amide bonds. The Morgan fingerprint density at radius 3 is 2.65 bits per heavy atom. The Balaban J connectivity index is 2.26. The summed E-state index contributed by atoms with van der Waals surface area (Å²) in [6.45, 7) is 0. The predicted molar refractivity (Wildman–Crippen MR) is 68.9 cm³/mol. The number of nitro benzene ring substituents is 1. The van der Waals surface area contributed by atoms with Gasteiger partial charge in [-0.15, -0.1) is 0 Å². The Morgan fingerprint density at radius 1 is 1.35 bits per heavy atom. The van der Waals surface area contributed by atoms with Crippen molar-refractivity contribution >= 4 is 11.7 Å². The quantitative estimate of drug-likeness (QED) is 0.645. The number of benzene rings is 1. The van der Waals surface area contributed by atoms with Crippen LogP contribution in [0.2, 0.25) is 0 Å². The molecular formula is C13H15NO6. The maximum atomic E-state index is 11.0. The number of carboxylic acid groups (broad SMARTS) is 1. The number of nitrogens with zero attached hydrogens (tertiary/aromatic N) is 1. The third-order valence-electron chi connectivity index (χ3n) is 3.35. The summed E-state index contributed by atoms with van der Waals surface area (Å²) < 4.78 is 5.51. The third kappa shape index (κ3) is 3.05. The SMILES string of the molecule is O=C(O)c1ccc(OC2CCCCC2O)c([N+](=O)[O-])c1. The molecule has 0 spiro atoms. The van der Waals surface area contributed by atoms with Gasteiger partial charge in [0.05, 0.1) is 16.6 Å². The van der Waals surface area contributed by atoms with Gasteiger partial charge < -0.3 is 14.9 Å². The van der Waals surface area contributed by atoms with E-state index in [1.807, 2.05) is 0 Å². The molecular weight excluding hydrogens is 266 g/mol. The van der Waals surface area contributed by atoms with Gasteiger partial charge in [-0.2, -0.15) is 0 Å². The number of hydrogen-bond donors (Lipinski definition) is 2. The number of carboxylic acids is 1. The van der Waals surface area contributed by atoms with Crippen LogP contribution in [-0.4, -0.2) is 33.3 Å². The second kappa shape index (κ2) is 5.87. The standard InChI is InChI=1S/C13H15NO6/c15-10-3-1-2-4-12(10)20-11-6-5-8(13(16)17)7-9(11)14(18)19/h5-7,10,12,15H,1-4H2,(H,16,17). The van der Waals surface area contributed by atoms with Gasteiger partial charge in [-0.3, -0.25) is 10.1 Å². The number of nitro groups is 1. The molecule has 1 aliphatic rings. The molecule has 0 aliphatic heterocycles. The first-order valence-electron chi connectivity index (χ1n) is 6.35. The highest BCUT2D eigenvalue weighted by Gasteiger charge is 2.28. The van der Waals surface area contributed by atoms with Crippen LogP contribution in [-0.2, 0) is 0 Å². The Bertz CT molecular complexity index is 530. The highest BCUT2D eigenvalue weighted by Crippen LogP contribution is 2.31. The smallest absolute Gasteiger partial charge is 0.335 e. The van der Waals surface area contributed by atoms with E-state index in [2.05, 4.69) is 0 Å². The number of aliphatic hydroxyl groups excluding tert-OH is 1. The lowest BCUT2D eigenvalue weighted by Crippen LogP contribution is -2.34. The van der Waals surface area contributed by atoms with Gasteiger partial charge in [-0.05, 0) is 31.4 Å². The molecule has 7 nitrogen and oxygen atoms in total. The van der Waals surface area contributed by atoms with Crippen LogP contribution in [0.4, 0.5) is 5.69 Å². The van der Waals surface area contributed by atoms with E-state index in [9.17, 15) is 20.0 Å². The normalized spacial score (nSPS) is 22.2. The first-order valence-corrected chi connectivity index (χ1v) is 6.35. The minimum absolute atomic E-state index is 0.00838. The first kappa shape index (κ1) is 14.3. The summed E-state index contributed by atoms with van der Waals surface area (Å²) in [4.78, 5) is 21.1. The number of aromatic carboxylic acids is 1. The second-order valence-electron chi connectivity index (χ2n) is 4.75. The van der Waals surface area contributed by atoms with Gasteiger partial charge in [-0.25, -0.2) is 4.79 Å². The monoisotopic (exact) mass is 281 g/mol. The molecule has 1 fully saturated rings. The molecule has 1 aromatic rings. The van der Waals surface area contributed by atoms with Crippen molar-refractivity contribution in [2.24, 2.45) is 0 Å². The van der Waals surface area contributed by atoms with E-state index in [-0.39, 0.29) is 11.3 Å². The van der Waals surface area contributed by atoms with Gasteiger partial charge in [0.2, 0.25) is 0 Å². The van der Waals surface area contributed by atoms with Crippen molar-refractivity contribution in [3.63, 3.8) is 0 Å². The van der Waals surface area contributed by atoms with E-state index in [0.29, 0.717) is 12.8 Å². The van der Waals surface area contributed by atoms with Crippen molar-refractivity contribution in [2.45, 2.75) is 37.9 Å². The number of hydrogen-bond acceptors (Lipinski definition) is 5. The Morgan fingerprint density at radius 2 is 2.05 bits per heavy atom. The lowest BCUT2D eigenvalue weighted by atomic mass is 9.95. The average molecular weight is 281 g/mol. The van der Waals surface area contributed by atoms with Crippen molar-refractivity contribution in [2.75, 3.05) is 0 Å². The van der Waals surface area contributed by atoms with Crippen LogP contribution >= 0.6 is 0 Å². The molecule has 2 N–H and O–H groups in total. The van der Waals surface area contributed by atoms with Gasteiger partial charge in [-0.1, -0.05) is 6.42 Å². The first-order chi connectivity index (χ1) is 9.49. The highest BCUT2D eigenvalue weighted by atomic mass is 16.6. The summed E-state index contributed by atoms with van der Waals surface area (Å²) in [7, 11) is 0. The van der Waals surface area contributed by atoms with Crippen LogP contribution in [0, 0.1) is 10.1 Å². The van der Waals surface area contributed by atoms with Crippen molar-refractivity contribution in [3.8, 4) is 5.75 Å². The second-order valence-corrected chi connectivity index (χ2v) is 4.75. The summed E-state index contributed by atoms with van der Waals surface area (Å²) in [5.74, 6) is -1.25. The zero-order chi connectivity index (χ0) is 14.7. The molecule has 2 rings (SSSR count). The molecule has 2 unspecified atom stereocenters. The zero-order valence-electron chi connectivity index (χ0n) is 10.7. The summed E-state index contributed by atoms with van der Waals surface area (Å²) in [5, 5.41) is 29.6. The molecule has 7 heteroatoms. The van der Waals surface area contributed by atoms with E-state index in [4.69, 9.17) is 9.84 Å². The van der Waals surface area contributed by atoms with Crippen molar-refractivity contribution in [3.05, 3.63) is 33.9 Å². The molecule has 0 saturated heterocycles. The molecule has 2 atom stereocenters. The Kier molecular flexibility index (Phi) is 4.19. The van der Waals surface area contributed by atoms with E-state index in [1.54, 1.807) is 0 Å². The minimum atomic E-state index is -1.24. The van der Waals surface area contributed by atoms with Crippen molar-refractivity contribution in [1.29, 1.82) is 0 Å². The molecule has 0 radical (unpaired) electrons. The maximum absolute atomic E-state index is 11.0.